The number of anilines is 1. The molecule has 3 heterocycles. The number of benzene rings is 3. The summed E-state index contributed by atoms with van der Waals surface area (Å²) in [5.41, 5.74) is 1.32. The number of rotatable bonds is 6. The first-order valence-electron chi connectivity index (χ1n) is 12.9. The van der Waals surface area contributed by atoms with Gasteiger partial charge >= 0.3 is 0 Å². The van der Waals surface area contributed by atoms with Gasteiger partial charge in [-0.05, 0) is 61.0 Å². The lowest BCUT2D eigenvalue weighted by atomic mass is 9.95. The van der Waals surface area contributed by atoms with E-state index >= 15 is 0 Å². The van der Waals surface area contributed by atoms with Crippen LogP contribution in [-0.2, 0) is 4.79 Å². The molecule has 1 aliphatic rings. The number of nitrogens with one attached hydrogen (secondary N) is 1. The van der Waals surface area contributed by atoms with Crippen molar-refractivity contribution in [2.24, 2.45) is 4.99 Å². The van der Waals surface area contributed by atoms with Gasteiger partial charge in [-0.3, -0.25) is 24.3 Å². The summed E-state index contributed by atoms with van der Waals surface area (Å²) in [6, 6.07) is 21.0. The molecule has 1 N–H and O–H groups in total. The van der Waals surface area contributed by atoms with E-state index in [4.69, 9.17) is 16.0 Å². The van der Waals surface area contributed by atoms with Crippen LogP contribution in [0, 0.1) is 15.9 Å². The second kappa shape index (κ2) is 11.3. The number of furan rings is 1. The lowest BCUT2D eigenvalue weighted by Crippen LogP contribution is -2.40. The number of para-hydroxylation sites is 1. The van der Waals surface area contributed by atoms with Crippen LogP contribution in [0.2, 0.25) is 5.02 Å². The number of thiazole rings is 1. The van der Waals surface area contributed by atoms with Gasteiger partial charge in [0.2, 0.25) is 0 Å². The molecular formula is C31H20ClFN4O5S. The number of carbonyl (C=O) groups is 1. The fourth-order valence-electron chi connectivity index (χ4n) is 4.86. The molecule has 1 atom stereocenters. The summed E-state index contributed by atoms with van der Waals surface area (Å²) >= 11 is 7.04. The van der Waals surface area contributed by atoms with Crippen LogP contribution >= 0.6 is 22.9 Å². The van der Waals surface area contributed by atoms with Gasteiger partial charge in [0.1, 0.15) is 17.3 Å². The highest BCUT2D eigenvalue weighted by Crippen LogP contribution is 2.34. The van der Waals surface area contributed by atoms with Crippen LogP contribution in [-0.4, -0.2) is 15.4 Å². The maximum absolute atomic E-state index is 13.9. The molecule has 0 saturated carbocycles. The number of allylic oxidation sites excluding steroid dienone is 1. The van der Waals surface area contributed by atoms with Crippen LogP contribution in [0.15, 0.2) is 110 Å². The Bertz CT molecular complexity index is 2120. The molecule has 1 amide bonds. The SMILES string of the molecule is CC1=C(C(=O)Nc2ccccc2)C(c2ccc(F)cc2)n2c(s/c(=C\c3ccc(-c4ccc(Cl)cc4[N+](=O)[O-])o3)c2=O)=N1. The summed E-state index contributed by atoms with van der Waals surface area (Å²) in [5, 5.41) is 14.6. The number of carbonyl (C=O) groups excluding carboxylic acids is 1. The quantitative estimate of drug-likeness (QED) is 0.190. The van der Waals surface area contributed by atoms with E-state index in [9.17, 15) is 24.1 Å². The molecule has 0 bridgehead atoms. The van der Waals surface area contributed by atoms with Crippen molar-refractivity contribution in [3.8, 4) is 11.3 Å². The molecule has 9 nitrogen and oxygen atoms in total. The van der Waals surface area contributed by atoms with Crippen LogP contribution in [0.4, 0.5) is 15.8 Å². The van der Waals surface area contributed by atoms with Crippen molar-refractivity contribution in [1.29, 1.82) is 0 Å². The van der Waals surface area contributed by atoms with Gasteiger partial charge in [-0.25, -0.2) is 9.38 Å². The Morgan fingerprint density at radius 1 is 1.12 bits per heavy atom. The van der Waals surface area contributed by atoms with Gasteiger partial charge in [0.05, 0.1) is 32.3 Å². The summed E-state index contributed by atoms with van der Waals surface area (Å²) in [5.74, 6) is -0.402. The summed E-state index contributed by atoms with van der Waals surface area (Å²) in [6.07, 6.45) is 1.51. The Balaban J connectivity index is 1.45. The molecule has 214 valence electrons. The molecule has 1 unspecified atom stereocenters. The molecule has 0 fully saturated rings. The van der Waals surface area contributed by atoms with Gasteiger partial charge in [0.15, 0.2) is 4.80 Å². The minimum absolute atomic E-state index is 0.214. The van der Waals surface area contributed by atoms with Crippen molar-refractivity contribution in [2.45, 2.75) is 13.0 Å². The minimum Gasteiger partial charge on any atom is -0.456 e. The topological polar surface area (TPSA) is 120 Å². The number of nitro benzene ring substituents is 1. The fraction of sp³-hybridized carbons (Fsp3) is 0.0645. The standard InChI is InChI=1S/C31H20ClFN4O5S/c1-17-27(29(38)35-21-5-3-2-4-6-21)28(18-7-10-20(33)11-8-18)36-30(39)26(43-31(36)34-17)16-22-12-14-25(42-22)23-13-9-19(32)15-24(23)37(40)41/h2-16,28H,1H3,(H,35,38)/b26-16-. The number of amides is 1. The molecule has 5 aromatic rings. The monoisotopic (exact) mass is 614 g/mol. The minimum atomic E-state index is -0.883. The zero-order valence-electron chi connectivity index (χ0n) is 22.3. The third kappa shape index (κ3) is 5.43. The van der Waals surface area contributed by atoms with Crippen molar-refractivity contribution >= 4 is 46.3 Å². The fourth-order valence-corrected chi connectivity index (χ4v) is 6.05. The number of hydrogen-bond acceptors (Lipinski definition) is 7. The third-order valence-corrected chi connectivity index (χ3v) is 8.02. The van der Waals surface area contributed by atoms with Gasteiger partial charge in [-0.15, -0.1) is 0 Å². The van der Waals surface area contributed by atoms with Crippen LogP contribution < -0.4 is 20.2 Å². The predicted molar refractivity (Wildman–Crippen MR) is 161 cm³/mol. The lowest BCUT2D eigenvalue weighted by Gasteiger charge is -2.25. The lowest BCUT2D eigenvalue weighted by molar-refractivity contribution is -0.384. The summed E-state index contributed by atoms with van der Waals surface area (Å²) < 4.78 is 21.4. The van der Waals surface area contributed by atoms with Gasteiger partial charge < -0.3 is 9.73 Å². The molecule has 0 spiro atoms. The van der Waals surface area contributed by atoms with Crippen molar-refractivity contribution in [2.75, 3.05) is 5.32 Å². The van der Waals surface area contributed by atoms with E-state index in [1.54, 1.807) is 43.3 Å². The first kappa shape index (κ1) is 28.0. The van der Waals surface area contributed by atoms with Crippen molar-refractivity contribution in [1.82, 2.24) is 4.57 Å². The maximum Gasteiger partial charge on any atom is 0.281 e. The van der Waals surface area contributed by atoms with Crippen molar-refractivity contribution in [3.63, 3.8) is 0 Å². The van der Waals surface area contributed by atoms with Crippen LogP contribution in [0.5, 0.6) is 0 Å². The molecule has 12 heteroatoms. The molecule has 2 aromatic heterocycles. The third-order valence-electron chi connectivity index (χ3n) is 6.81. The number of nitrogens with zero attached hydrogens (tertiary/aromatic N) is 3. The van der Waals surface area contributed by atoms with E-state index in [-0.39, 0.29) is 37.9 Å². The second-order valence-electron chi connectivity index (χ2n) is 9.57. The van der Waals surface area contributed by atoms with Crippen LogP contribution in [0.25, 0.3) is 17.4 Å². The Morgan fingerprint density at radius 2 is 1.86 bits per heavy atom. The number of aromatic nitrogens is 1. The van der Waals surface area contributed by atoms with E-state index in [1.807, 2.05) is 6.07 Å². The molecule has 3 aromatic carbocycles. The molecule has 6 rings (SSSR count). The highest BCUT2D eigenvalue weighted by Gasteiger charge is 2.32. The zero-order chi connectivity index (χ0) is 30.2. The van der Waals surface area contributed by atoms with E-state index < -0.39 is 28.2 Å². The smallest absolute Gasteiger partial charge is 0.281 e. The van der Waals surface area contributed by atoms with Gasteiger partial charge in [0.25, 0.3) is 17.2 Å². The Labute approximate surface area is 251 Å². The van der Waals surface area contributed by atoms with E-state index in [0.29, 0.717) is 21.7 Å². The second-order valence-corrected chi connectivity index (χ2v) is 11.0. The number of halogens is 2. The van der Waals surface area contributed by atoms with Crippen LogP contribution in [0.1, 0.15) is 24.3 Å². The molecule has 43 heavy (non-hydrogen) atoms. The predicted octanol–water partition coefficient (Wildman–Crippen LogP) is 5.83. The van der Waals surface area contributed by atoms with E-state index in [2.05, 4.69) is 10.3 Å². The average Bonchev–Trinajstić information content (AvgIpc) is 3.57. The highest BCUT2D eigenvalue weighted by atomic mass is 35.5. The van der Waals surface area contributed by atoms with Crippen LogP contribution in [0.3, 0.4) is 0 Å². The summed E-state index contributed by atoms with van der Waals surface area (Å²) in [7, 11) is 0. The van der Waals surface area contributed by atoms with Gasteiger partial charge in [-0.1, -0.05) is 53.3 Å². The highest BCUT2D eigenvalue weighted by molar-refractivity contribution is 7.07. The number of nitro groups is 1. The van der Waals surface area contributed by atoms with E-state index in [0.717, 1.165) is 11.3 Å². The first-order valence-corrected chi connectivity index (χ1v) is 14.1. The molecule has 1 aliphatic heterocycles. The summed E-state index contributed by atoms with van der Waals surface area (Å²) in [6.45, 7) is 1.69. The molecule has 0 radical (unpaired) electrons. The number of hydrogen-bond donors (Lipinski definition) is 1. The Morgan fingerprint density at radius 3 is 2.58 bits per heavy atom. The Hall–Kier alpha value is -5.13. The zero-order valence-corrected chi connectivity index (χ0v) is 23.9. The maximum atomic E-state index is 13.9. The van der Waals surface area contributed by atoms with Gasteiger partial charge in [-0.2, -0.15) is 0 Å². The van der Waals surface area contributed by atoms with Crippen molar-refractivity contribution < 1.29 is 18.5 Å². The molecule has 0 aliphatic carbocycles. The molecule has 0 saturated heterocycles. The van der Waals surface area contributed by atoms with Gasteiger partial charge in [0, 0.05) is 22.9 Å². The Kier molecular flexibility index (Phi) is 7.34. The number of fused-ring (bicyclic) bond motifs is 1. The van der Waals surface area contributed by atoms with Crippen molar-refractivity contribution in [3.05, 3.63) is 148 Å². The largest absolute Gasteiger partial charge is 0.456 e. The van der Waals surface area contributed by atoms with E-state index in [1.165, 1.54) is 53.1 Å². The summed E-state index contributed by atoms with van der Waals surface area (Å²) in [4.78, 5) is 43.4. The first-order chi connectivity index (χ1) is 20.7. The molecular weight excluding hydrogens is 595 g/mol. The normalized spacial score (nSPS) is 14.8. The average molecular weight is 615 g/mol.